The van der Waals surface area contributed by atoms with Crippen LogP contribution in [0.3, 0.4) is 0 Å². The maximum Gasteiger partial charge on any atom is 1.00 e. The van der Waals surface area contributed by atoms with Gasteiger partial charge in [-0.25, -0.2) is 13.7 Å². The van der Waals surface area contributed by atoms with E-state index in [2.05, 4.69) is 0 Å². The fourth-order valence-corrected chi connectivity index (χ4v) is 0. The van der Waals surface area contributed by atoms with E-state index >= 15 is 0 Å². The van der Waals surface area contributed by atoms with Gasteiger partial charge in [-0.1, -0.05) is 0 Å². The average Bonchev–Trinajstić information content (AvgIpc) is 1.62. The maximum absolute atomic E-state index is 8.88. The predicted octanol–water partition coefficient (Wildman–Crippen LogP) is -14.6. The predicted molar refractivity (Wildman–Crippen MR) is 50.4 cm³/mol. The minimum absolute atomic E-state index is 0. The molecule has 23 heteroatoms. The smallest absolute Gasteiger partial charge is 0.822 e. The van der Waals surface area contributed by atoms with E-state index in [1.165, 1.54) is 0 Å². The number of hydrogen-bond donors (Lipinski definition) is 9. The first-order chi connectivity index (χ1) is 8.00. The van der Waals surface area contributed by atoms with Crippen LogP contribution in [0, 0.1) is 0 Å². The molecule has 9 N–H and O–H groups in total. The van der Waals surface area contributed by atoms with Crippen molar-refractivity contribution in [3.63, 3.8) is 0 Å². The van der Waals surface area contributed by atoms with Gasteiger partial charge in [-0.2, -0.15) is 7.82 Å². The summed E-state index contributed by atoms with van der Waals surface area (Å²) in [4.78, 5) is 90.3. The van der Waals surface area contributed by atoms with E-state index in [0.29, 0.717) is 0 Å². The van der Waals surface area contributed by atoms with E-state index in [-0.39, 0.29) is 154 Å². The van der Waals surface area contributed by atoms with Crippen LogP contribution in [-0.2, 0) is 18.3 Å². The van der Waals surface area contributed by atoms with Crippen LogP contribution >= 0.6 is 31.3 Å². The molecule has 0 heterocycles. The molecule has 0 bridgehead atoms. The normalized spacial score (nSPS) is 10.3. The molecule has 0 aliphatic rings. The van der Waals surface area contributed by atoms with Crippen LogP contribution in [-0.4, -0.2) is 44.0 Å². The van der Waals surface area contributed by atoms with Gasteiger partial charge in [0.1, 0.15) is 0 Å². The van der Waals surface area contributed by atoms with Crippen molar-refractivity contribution in [2.24, 2.45) is 0 Å². The quantitative estimate of drug-likeness (QED) is 0.109. The Labute approximate surface area is 256 Å². The molecule has 0 fully saturated rings. The van der Waals surface area contributed by atoms with Crippen molar-refractivity contribution >= 4 is 31.3 Å². The third-order valence-electron chi connectivity index (χ3n) is 0. The SMILES string of the molecule is O=P(O)(O)O.O=P(O)(O)O.O=P(O)(O)O.O=P([O-])([O-])[O-].[K+].[K+].[K+]. The minimum atomic E-state index is -5.39. The molecular formula is H9K3O16P4. The van der Waals surface area contributed by atoms with Crippen LogP contribution in [0.2, 0.25) is 0 Å². The molecule has 16 nitrogen and oxygen atoms in total. The van der Waals surface area contributed by atoms with Gasteiger partial charge in [0.15, 0.2) is 0 Å². The molecule has 0 unspecified atom stereocenters. The van der Waals surface area contributed by atoms with Crippen molar-refractivity contribution in [3.8, 4) is 0 Å². The van der Waals surface area contributed by atoms with Crippen LogP contribution in [0.5, 0.6) is 0 Å². The second-order valence-corrected chi connectivity index (χ2v) is 5.96. The molecule has 0 saturated carbocycles. The monoisotopic (exact) mass is 506 g/mol. The zero-order chi connectivity index (χ0) is 18.0. The number of rotatable bonds is 0. The van der Waals surface area contributed by atoms with Crippen molar-refractivity contribution in [2.45, 2.75) is 0 Å². The van der Waals surface area contributed by atoms with E-state index in [9.17, 15) is 0 Å². The third-order valence-corrected chi connectivity index (χ3v) is 0. The summed E-state index contributed by atoms with van der Waals surface area (Å²) in [6, 6.07) is 0. The largest absolute Gasteiger partial charge is 1.00 e. The summed E-state index contributed by atoms with van der Waals surface area (Å²) in [6.07, 6.45) is 0. The summed E-state index contributed by atoms with van der Waals surface area (Å²) >= 11 is 0. The first-order valence-electron chi connectivity index (χ1n) is 3.08. The number of hydrogen-bond acceptors (Lipinski definition) is 7. The molecule has 0 radical (unpaired) electrons. The molecule has 0 aromatic carbocycles. The van der Waals surface area contributed by atoms with Crippen molar-refractivity contribution in [1.82, 2.24) is 0 Å². The van der Waals surface area contributed by atoms with Gasteiger partial charge in [-0.15, -0.1) is 0 Å². The van der Waals surface area contributed by atoms with Gasteiger partial charge in [-0.3, -0.25) is 0 Å². The first kappa shape index (κ1) is 46.5. The van der Waals surface area contributed by atoms with Gasteiger partial charge in [0, 0.05) is 0 Å². The summed E-state index contributed by atoms with van der Waals surface area (Å²) in [5, 5.41) is 0. The van der Waals surface area contributed by atoms with E-state index in [1.54, 1.807) is 0 Å². The Morgan fingerprint density at radius 3 is 0.435 bits per heavy atom. The Morgan fingerprint density at radius 1 is 0.435 bits per heavy atom. The zero-order valence-electron chi connectivity index (χ0n) is 11.7. The van der Waals surface area contributed by atoms with E-state index in [4.69, 9.17) is 77.0 Å². The zero-order valence-corrected chi connectivity index (χ0v) is 24.6. The van der Waals surface area contributed by atoms with Gasteiger partial charge in [0.25, 0.3) is 0 Å². The Hall–Kier alpha value is 5.35. The van der Waals surface area contributed by atoms with Gasteiger partial charge < -0.3 is 63.3 Å². The molecule has 0 aromatic heterocycles. The van der Waals surface area contributed by atoms with E-state index in [0.717, 1.165) is 0 Å². The molecule has 0 saturated heterocycles. The first-order valence-corrected chi connectivity index (χ1v) is 9.23. The topological polar surface area (TPSA) is 320 Å². The molecule has 128 valence electrons. The van der Waals surface area contributed by atoms with Crippen LogP contribution < -0.4 is 169 Å². The molecule has 0 aliphatic carbocycles. The maximum atomic E-state index is 8.88. The van der Waals surface area contributed by atoms with Crippen molar-refractivity contribution in [2.75, 3.05) is 0 Å². The van der Waals surface area contributed by atoms with Crippen molar-refractivity contribution in [3.05, 3.63) is 0 Å². The molecule has 0 amide bonds. The van der Waals surface area contributed by atoms with E-state index < -0.39 is 31.3 Å². The average molecular weight is 506 g/mol. The van der Waals surface area contributed by atoms with Gasteiger partial charge >= 0.3 is 178 Å². The standard InChI is InChI=1S/3K.4H3O4P/c;;;4*1-5(2,3)4/h;;;4*(H3,1,2,3,4)/q3*+1;;;;/p-3. The fraction of sp³-hybridized carbons (Fsp3) is 0. The Balaban J connectivity index is -0.0000000284. The molecule has 0 aromatic rings. The number of phosphoric acid groups is 4. The second-order valence-electron chi connectivity index (χ2n) is 1.99. The third kappa shape index (κ3) is 614. The summed E-state index contributed by atoms with van der Waals surface area (Å²) in [7, 11) is -19.3. The van der Waals surface area contributed by atoms with Crippen LogP contribution in [0.15, 0.2) is 0 Å². The summed E-state index contributed by atoms with van der Waals surface area (Å²) < 4.78 is 35.2. The minimum Gasteiger partial charge on any atom is -0.822 e. The summed E-state index contributed by atoms with van der Waals surface area (Å²) in [6.45, 7) is 0. The van der Waals surface area contributed by atoms with Gasteiger partial charge in [0.05, 0.1) is 0 Å². The fourth-order valence-electron chi connectivity index (χ4n) is 0. The molecule has 0 aliphatic heterocycles. The second kappa shape index (κ2) is 22.0. The molecule has 0 spiro atoms. The summed E-state index contributed by atoms with van der Waals surface area (Å²) in [5.41, 5.74) is 0. The Kier molecular flexibility index (Phi) is 44.6. The summed E-state index contributed by atoms with van der Waals surface area (Å²) in [5.74, 6) is 0. The molecule has 0 atom stereocenters. The molecule has 23 heavy (non-hydrogen) atoms. The van der Waals surface area contributed by atoms with Gasteiger partial charge in [0.2, 0.25) is 0 Å². The van der Waals surface area contributed by atoms with Crippen LogP contribution in [0.25, 0.3) is 0 Å². The molecular weight excluding hydrogens is 497 g/mol. The Morgan fingerprint density at radius 2 is 0.435 bits per heavy atom. The molecule has 0 rings (SSSR count). The van der Waals surface area contributed by atoms with Gasteiger partial charge in [-0.05, 0) is 0 Å². The van der Waals surface area contributed by atoms with E-state index in [1.807, 2.05) is 0 Å². The van der Waals surface area contributed by atoms with Crippen LogP contribution in [0.1, 0.15) is 0 Å². The van der Waals surface area contributed by atoms with Crippen molar-refractivity contribution < 1.29 is 231 Å². The van der Waals surface area contributed by atoms with Crippen molar-refractivity contribution in [1.29, 1.82) is 0 Å². The Bertz CT molecular complexity index is 292. The van der Waals surface area contributed by atoms with Crippen LogP contribution in [0.4, 0.5) is 0 Å².